The van der Waals surface area contributed by atoms with Crippen molar-refractivity contribution in [3.63, 3.8) is 0 Å². The number of carbonyl (C=O) groups excluding carboxylic acids is 1. The van der Waals surface area contributed by atoms with E-state index in [-0.39, 0.29) is 19.1 Å². The van der Waals surface area contributed by atoms with Crippen molar-refractivity contribution < 1.29 is 23.8 Å². The monoisotopic (exact) mass is 357 g/mol. The number of carbonyl (C=O) groups is 2. The molecule has 1 aliphatic heterocycles. The van der Waals surface area contributed by atoms with Crippen molar-refractivity contribution in [2.24, 2.45) is 0 Å². The molecule has 2 aromatic carbocycles. The molecule has 6 heteroatoms. The molecule has 2 aromatic rings. The van der Waals surface area contributed by atoms with E-state index in [0.29, 0.717) is 16.7 Å². The fourth-order valence-corrected chi connectivity index (χ4v) is 3.76. The van der Waals surface area contributed by atoms with Crippen LogP contribution in [0.2, 0.25) is 0 Å². The van der Waals surface area contributed by atoms with Crippen molar-refractivity contribution in [1.29, 1.82) is 0 Å². The van der Waals surface area contributed by atoms with E-state index in [9.17, 15) is 19.1 Å². The second kappa shape index (κ2) is 6.88. The fourth-order valence-electron chi connectivity index (χ4n) is 3.76. The minimum absolute atomic E-state index is 0.224. The standard InChI is InChI=1S/C20H20FNO4/c1-20(13-7-9-14(21)10-8-13)17(19(24)25)15-5-3-4-6-16(15)18(23)22(20)11-12-26-2/h3-10,17H,11-12H2,1-2H3,(H,24,25). The van der Waals surface area contributed by atoms with Gasteiger partial charge in [-0.15, -0.1) is 0 Å². The van der Waals surface area contributed by atoms with Crippen LogP contribution in [-0.2, 0) is 15.1 Å². The van der Waals surface area contributed by atoms with Gasteiger partial charge in [-0.25, -0.2) is 4.39 Å². The molecule has 1 N–H and O–H groups in total. The minimum atomic E-state index is -1.18. The van der Waals surface area contributed by atoms with Crippen LogP contribution in [0.5, 0.6) is 0 Å². The molecule has 0 radical (unpaired) electrons. The van der Waals surface area contributed by atoms with Gasteiger partial charge in [0.05, 0.1) is 12.1 Å². The van der Waals surface area contributed by atoms with Gasteiger partial charge in [0.1, 0.15) is 11.7 Å². The number of benzene rings is 2. The summed E-state index contributed by atoms with van der Waals surface area (Å²) in [6.07, 6.45) is 0. The summed E-state index contributed by atoms with van der Waals surface area (Å²) in [5.74, 6) is -2.71. The molecular weight excluding hydrogens is 337 g/mol. The van der Waals surface area contributed by atoms with Gasteiger partial charge in [0.2, 0.25) is 0 Å². The van der Waals surface area contributed by atoms with Crippen LogP contribution >= 0.6 is 0 Å². The van der Waals surface area contributed by atoms with Crippen molar-refractivity contribution in [3.05, 3.63) is 71.0 Å². The first kappa shape index (κ1) is 18.1. The third kappa shape index (κ3) is 2.76. The molecule has 1 aliphatic rings. The summed E-state index contributed by atoms with van der Waals surface area (Å²) in [7, 11) is 1.52. The molecule has 0 aliphatic carbocycles. The average Bonchev–Trinajstić information content (AvgIpc) is 2.62. The molecule has 1 heterocycles. The first-order valence-electron chi connectivity index (χ1n) is 8.30. The van der Waals surface area contributed by atoms with E-state index in [4.69, 9.17) is 4.74 Å². The van der Waals surface area contributed by atoms with Crippen LogP contribution in [0.25, 0.3) is 0 Å². The Morgan fingerprint density at radius 1 is 1.23 bits per heavy atom. The zero-order valence-electron chi connectivity index (χ0n) is 14.6. The molecule has 136 valence electrons. The molecule has 5 nitrogen and oxygen atoms in total. The highest BCUT2D eigenvalue weighted by Gasteiger charge is 2.52. The second-order valence-corrected chi connectivity index (χ2v) is 6.46. The van der Waals surface area contributed by atoms with Crippen LogP contribution in [0.3, 0.4) is 0 Å². The van der Waals surface area contributed by atoms with E-state index >= 15 is 0 Å². The molecule has 3 rings (SSSR count). The van der Waals surface area contributed by atoms with Crippen molar-refractivity contribution in [1.82, 2.24) is 4.90 Å². The fraction of sp³-hybridized carbons (Fsp3) is 0.300. The summed E-state index contributed by atoms with van der Waals surface area (Å²) in [5, 5.41) is 10.0. The van der Waals surface area contributed by atoms with Gasteiger partial charge >= 0.3 is 5.97 Å². The lowest BCUT2D eigenvalue weighted by Crippen LogP contribution is -2.57. The quantitative estimate of drug-likeness (QED) is 0.893. The zero-order chi connectivity index (χ0) is 18.9. The number of hydrogen-bond donors (Lipinski definition) is 1. The Morgan fingerprint density at radius 3 is 2.50 bits per heavy atom. The summed E-state index contributed by atoms with van der Waals surface area (Å²) in [6, 6.07) is 12.4. The molecule has 1 amide bonds. The number of rotatable bonds is 5. The Balaban J connectivity index is 2.26. The van der Waals surface area contributed by atoms with E-state index in [1.165, 1.54) is 36.3 Å². The molecule has 0 bridgehead atoms. The highest BCUT2D eigenvalue weighted by atomic mass is 19.1. The number of ether oxygens (including phenoxy) is 1. The molecule has 0 saturated carbocycles. The average molecular weight is 357 g/mol. The Morgan fingerprint density at radius 2 is 1.88 bits per heavy atom. The Kier molecular flexibility index (Phi) is 4.78. The van der Waals surface area contributed by atoms with Crippen LogP contribution in [-0.4, -0.2) is 42.1 Å². The van der Waals surface area contributed by atoms with Gasteiger partial charge in [0.25, 0.3) is 5.91 Å². The number of nitrogens with zero attached hydrogens (tertiary/aromatic N) is 1. The number of methoxy groups -OCH3 is 1. The molecule has 26 heavy (non-hydrogen) atoms. The maximum Gasteiger partial charge on any atom is 0.313 e. The number of carboxylic acid groups (broad SMARTS) is 1. The summed E-state index contributed by atoms with van der Waals surface area (Å²) in [5.41, 5.74) is 0.218. The van der Waals surface area contributed by atoms with E-state index < -0.39 is 23.2 Å². The van der Waals surface area contributed by atoms with Gasteiger partial charge in [-0.1, -0.05) is 30.3 Å². The summed E-state index contributed by atoms with van der Waals surface area (Å²) < 4.78 is 18.6. The van der Waals surface area contributed by atoms with E-state index in [1.807, 2.05) is 0 Å². The second-order valence-electron chi connectivity index (χ2n) is 6.46. The van der Waals surface area contributed by atoms with Crippen LogP contribution in [0, 0.1) is 5.82 Å². The predicted molar refractivity (Wildman–Crippen MR) is 93.5 cm³/mol. The third-order valence-electron chi connectivity index (χ3n) is 5.06. The minimum Gasteiger partial charge on any atom is -0.481 e. The number of carboxylic acids is 1. The SMILES string of the molecule is COCCN1C(=O)c2ccccc2C(C(=O)O)C1(C)c1ccc(F)cc1. The Hall–Kier alpha value is -2.73. The molecule has 0 spiro atoms. The maximum atomic E-state index is 13.4. The summed E-state index contributed by atoms with van der Waals surface area (Å²) in [6.45, 7) is 2.20. The lowest BCUT2D eigenvalue weighted by Gasteiger charge is -2.49. The van der Waals surface area contributed by atoms with Gasteiger partial charge in [0.15, 0.2) is 0 Å². The molecule has 2 unspecified atom stereocenters. The Labute approximate surface area is 151 Å². The van der Waals surface area contributed by atoms with Crippen LogP contribution in [0.15, 0.2) is 48.5 Å². The molecular formula is C20H20FNO4. The van der Waals surface area contributed by atoms with Gasteiger partial charge < -0.3 is 14.7 Å². The van der Waals surface area contributed by atoms with Crippen molar-refractivity contribution in [2.75, 3.05) is 20.3 Å². The zero-order valence-corrected chi connectivity index (χ0v) is 14.6. The number of fused-ring (bicyclic) bond motifs is 1. The van der Waals surface area contributed by atoms with E-state index in [0.717, 1.165) is 0 Å². The van der Waals surface area contributed by atoms with E-state index in [2.05, 4.69) is 0 Å². The molecule has 2 atom stereocenters. The maximum absolute atomic E-state index is 13.4. The third-order valence-corrected chi connectivity index (χ3v) is 5.06. The van der Waals surface area contributed by atoms with Crippen LogP contribution in [0.4, 0.5) is 4.39 Å². The summed E-state index contributed by atoms with van der Waals surface area (Å²) in [4.78, 5) is 26.9. The van der Waals surface area contributed by atoms with Crippen molar-refractivity contribution >= 4 is 11.9 Å². The molecule has 0 saturated heterocycles. The normalized spacial score (nSPS) is 22.2. The van der Waals surface area contributed by atoms with Crippen LogP contribution in [0.1, 0.15) is 34.3 Å². The predicted octanol–water partition coefficient (Wildman–Crippen LogP) is 3.01. The molecule has 0 aromatic heterocycles. The van der Waals surface area contributed by atoms with Gasteiger partial charge in [0, 0.05) is 19.2 Å². The van der Waals surface area contributed by atoms with Crippen molar-refractivity contribution in [3.8, 4) is 0 Å². The highest BCUT2D eigenvalue weighted by molar-refractivity contribution is 6.01. The summed E-state index contributed by atoms with van der Waals surface area (Å²) >= 11 is 0. The van der Waals surface area contributed by atoms with Gasteiger partial charge in [-0.3, -0.25) is 9.59 Å². The first-order chi connectivity index (χ1) is 12.4. The van der Waals surface area contributed by atoms with E-state index in [1.54, 1.807) is 31.2 Å². The largest absolute Gasteiger partial charge is 0.481 e. The lowest BCUT2D eigenvalue weighted by atomic mass is 9.70. The number of halogens is 1. The lowest BCUT2D eigenvalue weighted by molar-refractivity contribution is -0.143. The van der Waals surface area contributed by atoms with Gasteiger partial charge in [-0.2, -0.15) is 0 Å². The Bertz CT molecular complexity index is 836. The topological polar surface area (TPSA) is 66.8 Å². The van der Waals surface area contributed by atoms with Crippen molar-refractivity contribution in [2.45, 2.75) is 18.4 Å². The van der Waals surface area contributed by atoms with Gasteiger partial charge in [-0.05, 0) is 36.2 Å². The highest BCUT2D eigenvalue weighted by Crippen LogP contribution is 2.47. The first-order valence-corrected chi connectivity index (χ1v) is 8.30. The number of hydrogen-bond acceptors (Lipinski definition) is 3. The number of amides is 1. The van der Waals surface area contributed by atoms with Crippen LogP contribution < -0.4 is 0 Å². The number of aliphatic carboxylic acids is 1. The smallest absolute Gasteiger partial charge is 0.313 e. The molecule has 0 fully saturated rings.